The normalized spacial score (nSPS) is 11.2. The van der Waals surface area contributed by atoms with Gasteiger partial charge in [0.1, 0.15) is 5.82 Å². The number of ether oxygens (including phenoxy) is 1. The van der Waals surface area contributed by atoms with Crippen molar-refractivity contribution in [3.63, 3.8) is 0 Å². The van der Waals surface area contributed by atoms with Crippen LogP contribution in [0.4, 0.5) is 0 Å². The molecule has 0 bridgehead atoms. The molecule has 2 amide bonds. The van der Waals surface area contributed by atoms with Crippen molar-refractivity contribution in [1.29, 1.82) is 0 Å². The maximum atomic E-state index is 12.2. The summed E-state index contributed by atoms with van der Waals surface area (Å²) in [5.41, 5.74) is 0.379. The van der Waals surface area contributed by atoms with E-state index in [1.54, 1.807) is 30.2 Å². The second kappa shape index (κ2) is 10.5. The Balaban J connectivity index is 2.02. The number of para-hydroxylation sites is 1. The Labute approximate surface area is 163 Å². The zero-order chi connectivity index (χ0) is 20.5. The van der Waals surface area contributed by atoms with Crippen molar-refractivity contribution in [2.75, 3.05) is 33.4 Å². The largest absolute Gasteiger partial charge is 0.383 e. The molecule has 152 valence electrons. The second-order valence-corrected chi connectivity index (χ2v) is 6.73. The predicted octanol–water partition coefficient (Wildman–Crippen LogP) is 0.0123. The lowest BCUT2D eigenvalue weighted by molar-refractivity contribution is -0.127. The number of carbonyl (C=O) groups is 2. The SMILES string of the molecule is COCCN(CC(=O)NCC(=O)NC(C)C)Cc1nc2ccccc2c(=O)[nH]1. The summed E-state index contributed by atoms with van der Waals surface area (Å²) in [6.07, 6.45) is 0. The number of nitrogens with zero attached hydrogens (tertiary/aromatic N) is 2. The lowest BCUT2D eigenvalue weighted by Gasteiger charge is -2.21. The fourth-order valence-corrected chi connectivity index (χ4v) is 2.67. The fourth-order valence-electron chi connectivity index (χ4n) is 2.67. The van der Waals surface area contributed by atoms with E-state index in [1.165, 1.54) is 0 Å². The number of rotatable bonds is 10. The molecule has 2 aromatic rings. The van der Waals surface area contributed by atoms with Gasteiger partial charge in [-0.2, -0.15) is 0 Å². The number of aromatic nitrogens is 2. The summed E-state index contributed by atoms with van der Waals surface area (Å²) in [6.45, 7) is 4.83. The van der Waals surface area contributed by atoms with Gasteiger partial charge >= 0.3 is 0 Å². The van der Waals surface area contributed by atoms with Gasteiger partial charge in [0.05, 0.1) is 37.1 Å². The third-order valence-electron chi connectivity index (χ3n) is 3.91. The molecule has 0 saturated carbocycles. The lowest BCUT2D eigenvalue weighted by atomic mass is 10.2. The van der Waals surface area contributed by atoms with E-state index >= 15 is 0 Å². The van der Waals surface area contributed by atoms with Crippen molar-refractivity contribution in [2.24, 2.45) is 0 Å². The van der Waals surface area contributed by atoms with Gasteiger partial charge in [-0.25, -0.2) is 4.98 Å². The van der Waals surface area contributed by atoms with E-state index in [0.29, 0.717) is 29.9 Å². The number of methoxy groups -OCH3 is 1. The molecule has 1 heterocycles. The number of aromatic amines is 1. The zero-order valence-electron chi connectivity index (χ0n) is 16.4. The van der Waals surface area contributed by atoms with Gasteiger partial charge < -0.3 is 20.4 Å². The first-order valence-corrected chi connectivity index (χ1v) is 9.14. The van der Waals surface area contributed by atoms with Crippen LogP contribution in [0.25, 0.3) is 10.9 Å². The molecule has 0 atom stereocenters. The molecule has 0 saturated heterocycles. The molecule has 3 N–H and O–H groups in total. The van der Waals surface area contributed by atoms with Crippen molar-refractivity contribution < 1.29 is 14.3 Å². The van der Waals surface area contributed by atoms with E-state index < -0.39 is 0 Å². The second-order valence-electron chi connectivity index (χ2n) is 6.73. The van der Waals surface area contributed by atoms with Crippen LogP contribution in [-0.2, 0) is 20.9 Å². The molecule has 0 fully saturated rings. The number of benzene rings is 1. The first-order chi connectivity index (χ1) is 13.4. The van der Waals surface area contributed by atoms with Crippen LogP contribution in [0.5, 0.6) is 0 Å². The summed E-state index contributed by atoms with van der Waals surface area (Å²) in [4.78, 5) is 45.1. The lowest BCUT2D eigenvalue weighted by Crippen LogP contribution is -2.44. The molecular weight excluding hydrogens is 362 g/mol. The molecule has 1 aromatic heterocycles. The molecule has 0 aliphatic heterocycles. The van der Waals surface area contributed by atoms with Crippen LogP contribution in [0.1, 0.15) is 19.7 Å². The Morgan fingerprint density at radius 3 is 2.71 bits per heavy atom. The van der Waals surface area contributed by atoms with Crippen molar-refractivity contribution in [3.8, 4) is 0 Å². The summed E-state index contributed by atoms with van der Waals surface area (Å²) in [6, 6.07) is 7.09. The fraction of sp³-hybridized carbons (Fsp3) is 0.474. The Morgan fingerprint density at radius 1 is 1.25 bits per heavy atom. The average Bonchev–Trinajstić information content (AvgIpc) is 2.64. The number of hydrogen-bond acceptors (Lipinski definition) is 6. The first-order valence-electron chi connectivity index (χ1n) is 9.14. The smallest absolute Gasteiger partial charge is 0.258 e. The molecule has 0 aliphatic carbocycles. The van der Waals surface area contributed by atoms with E-state index in [9.17, 15) is 14.4 Å². The van der Waals surface area contributed by atoms with Crippen molar-refractivity contribution in [2.45, 2.75) is 26.4 Å². The molecule has 0 unspecified atom stereocenters. The number of amides is 2. The summed E-state index contributed by atoms with van der Waals surface area (Å²) in [5.74, 6) is -0.0735. The molecule has 28 heavy (non-hydrogen) atoms. The molecule has 0 aliphatic rings. The third-order valence-corrected chi connectivity index (χ3v) is 3.91. The number of carbonyl (C=O) groups excluding carboxylic acids is 2. The molecule has 1 aromatic carbocycles. The van der Waals surface area contributed by atoms with Crippen LogP contribution in [-0.4, -0.2) is 66.1 Å². The van der Waals surface area contributed by atoms with Crippen molar-refractivity contribution in [1.82, 2.24) is 25.5 Å². The number of fused-ring (bicyclic) bond motifs is 1. The quantitative estimate of drug-likeness (QED) is 0.527. The third kappa shape index (κ3) is 6.75. The summed E-state index contributed by atoms with van der Waals surface area (Å²) in [7, 11) is 1.57. The minimum atomic E-state index is -0.293. The maximum absolute atomic E-state index is 12.2. The average molecular weight is 389 g/mol. The Bertz CT molecular complexity index is 865. The number of H-pyrrole nitrogens is 1. The van der Waals surface area contributed by atoms with E-state index in [0.717, 1.165) is 0 Å². The summed E-state index contributed by atoms with van der Waals surface area (Å²) in [5, 5.41) is 5.82. The van der Waals surface area contributed by atoms with Crippen LogP contribution < -0.4 is 16.2 Å². The summed E-state index contributed by atoms with van der Waals surface area (Å²) < 4.78 is 5.10. The molecule has 0 spiro atoms. The Hall–Kier alpha value is -2.78. The van der Waals surface area contributed by atoms with Crippen LogP contribution in [0, 0.1) is 0 Å². The minimum Gasteiger partial charge on any atom is -0.383 e. The number of nitrogens with one attached hydrogen (secondary N) is 3. The monoisotopic (exact) mass is 389 g/mol. The van der Waals surface area contributed by atoms with E-state index in [1.807, 2.05) is 19.9 Å². The maximum Gasteiger partial charge on any atom is 0.258 e. The molecule has 9 nitrogen and oxygen atoms in total. The van der Waals surface area contributed by atoms with Gasteiger partial charge in [-0.15, -0.1) is 0 Å². The van der Waals surface area contributed by atoms with Crippen LogP contribution in [0.3, 0.4) is 0 Å². The van der Waals surface area contributed by atoms with Crippen LogP contribution in [0.15, 0.2) is 29.1 Å². The van der Waals surface area contributed by atoms with Crippen LogP contribution in [0.2, 0.25) is 0 Å². The highest BCUT2D eigenvalue weighted by atomic mass is 16.5. The van der Waals surface area contributed by atoms with Gasteiger partial charge in [-0.3, -0.25) is 19.3 Å². The highest BCUT2D eigenvalue weighted by Crippen LogP contribution is 2.07. The topological polar surface area (TPSA) is 116 Å². The Morgan fingerprint density at radius 2 is 2.00 bits per heavy atom. The van der Waals surface area contributed by atoms with Gasteiger partial charge in [-0.1, -0.05) is 12.1 Å². The van der Waals surface area contributed by atoms with Gasteiger partial charge in [0.25, 0.3) is 5.56 Å². The number of hydrogen-bond donors (Lipinski definition) is 3. The Kier molecular flexibility index (Phi) is 8.09. The van der Waals surface area contributed by atoms with Crippen LogP contribution >= 0.6 is 0 Å². The van der Waals surface area contributed by atoms with E-state index in [4.69, 9.17) is 4.74 Å². The molecule has 2 rings (SSSR count). The molecule has 9 heteroatoms. The minimum absolute atomic E-state index is 0.0124. The highest BCUT2D eigenvalue weighted by Gasteiger charge is 2.14. The molecule has 0 radical (unpaired) electrons. The van der Waals surface area contributed by atoms with Gasteiger partial charge in [0.2, 0.25) is 11.8 Å². The highest BCUT2D eigenvalue weighted by molar-refractivity contribution is 5.85. The van der Waals surface area contributed by atoms with Gasteiger partial charge in [0, 0.05) is 19.7 Å². The van der Waals surface area contributed by atoms with E-state index in [2.05, 4.69) is 20.6 Å². The zero-order valence-corrected chi connectivity index (χ0v) is 16.4. The van der Waals surface area contributed by atoms with Crippen molar-refractivity contribution >= 4 is 22.7 Å². The first kappa shape index (κ1) is 21.5. The van der Waals surface area contributed by atoms with Gasteiger partial charge in [-0.05, 0) is 26.0 Å². The van der Waals surface area contributed by atoms with E-state index in [-0.39, 0.29) is 43.0 Å². The van der Waals surface area contributed by atoms with Gasteiger partial charge in [0.15, 0.2) is 0 Å². The molecular formula is C19H27N5O4. The predicted molar refractivity (Wildman–Crippen MR) is 106 cm³/mol. The van der Waals surface area contributed by atoms with Crippen molar-refractivity contribution in [3.05, 3.63) is 40.4 Å². The summed E-state index contributed by atoms with van der Waals surface area (Å²) >= 11 is 0. The standard InChI is InChI=1S/C19H27N5O4/c1-13(2)21-17(25)10-20-18(26)12-24(8-9-28-3)11-16-22-15-7-5-4-6-14(15)19(27)23-16/h4-7,13H,8-12H2,1-3H3,(H,20,26)(H,21,25)(H,22,23,27).